The lowest BCUT2D eigenvalue weighted by Crippen LogP contribution is -2.48. The molecule has 2 aliphatic rings. The Labute approximate surface area is 257 Å². The summed E-state index contributed by atoms with van der Waals surface area (Å²) >= 11 is 0. The smallest absolute Gasteiger partial charge is 0.337 e. The van der Waals surface area contributed by atoms with Gasteiger partial charge >= 0.3 is 5.76 Å². The van der Waals surface area contributed by atoms with Crippen molar-refractivity contribution in [2.45, 2.75) is 103 Å². The molecule has 0 radical (unpaired) electrons. The number of aromatic amines is 1. The SMILES string of the molecule is CCCCc1nc(C2CC2)c(CC(=O)N2[C@H](C)CCC[C@@H]2C)c(=O)n1Cc1ccc(-c2ccccc2-c2noc(=O)[nH]2)cc1. The second-order valence-electron chi connectivity index (χ2n) is 12.5. The van der Waals surface area contributed by atoms with Crippen molar-refractivity contribution in [3.63, 3.8) is 0 Å². The van der Waals surface area contributed by atoms with E-state index in [1.165, 1.54) is 0 Å². The molecule has 2 atom stereocenters. The van der Waals surface area contributed by atoms with E-state index in [-0.39, 0.29) is 35.9 Å². The number of rotatable bonds is 10. The number of carbonyl (C=O) groups is 1. The first kappa shape index (κ1) is 29.8. The highest BCUT2D eigenvalue weighted by molar-refractivity contribution is 5.81. The van der Waals surface area contributed by atoms with Crippen LogP contribution in [0.15, 0.2) is 62.6 Å². The summed E-state index contributed by atoms with van der Waals surface area (Å²) in [6, 6.07) is 16.1. The number of benzene rings is 2. The number of hydrogen-bond donors (Lipinski definition) is 1. The Hall–Kier alpha value is -4.27. The van der Waals surface area contributed by atoms with E-state index in [1.54, 1.807) is 4.57 Å². The van der Waals surface area contributed by atoms with Gasteiger partial charge in [0.1, 0.15) is 5.82 Å². The predicted octanol–water partition coefficient (Wildman–Crippen LogP) is 5.85. The number of carbonyl (C=O) groups excluding carboxylic acids is 1. The third-order valence-corrected chi connectivity index (χ3v) is 9.13. The van der Waals surface area contributed by atoms with Gasteiger partial charge in [-0.15, -0.1) is 0 Å². The fraction of sp³-hybridized carbons (Fsp3) is 0.457. The Morgan fingerprint density at radius 2 is 1.68 bits per heavy atom. The summed E-state index contributed by atoms with van der Waals surface area (Å²) in [6.45, 7) is 6.76. The Morgan fingerprint density at radius 3 is 2.32 bits per heavy atom. The van der Waals surface area contributed by atoms with Gasteiger partial charge < -0.3 is 4.90 Å². The number of piperidine rings is 1. The van der Waals surface area contributed by atoms with Crippen molar-refractivity contribution in [2.75, 3.05) is 0 Å². The van der Waals surface area contributed by atoms with Gasteiger partial charge in [0, 0.05) is 35.5 Å². The highest BCUT2D eigenvalue weighted by Gasteiger charge is 2.34. The summed E-state index contributed by atoms with van der Waals surface area (Å²) in [7, 11) is 0. The molecule has 44 heavy (non-hydrogen) atoms. The van der Waals surface area contributed by atoms with Gasteiger partial charge in [0.25, 0.3) is 5.56 Å². The first-order valence-electron chi connectivity index (χ1n) is 16.0. The van der Waals surface area contributed by atoms with Gasteiger partial charge in [-0.2, -0.15) is 0 Å². The number of amides is 1. The van der Waals surface area contributed by atoms with Crippen molar-refractivity contribution in [3.05, 3.63) is 92.1 Å². The van der Waals surface area contributed by atoms with E-state index < -0.39 is 5.76 Å². The second-order valence-corrected chi connectivity index (χ2v) is 12.5. The summed E-state index contributed by atoms with van der Waals surface area (Å²) in [5, 5.41) is 3.86. The molecule has 9 heteroatoms. The number of hydrogen-bond acceptors (Lipinski definition) is 6. The van der Waals surface area contributed by atoms with Crippen molar-refractivity contribution in [3.8, 4) is 22.5 Å². The lowest BCUT2D eigenvalue weighted by atomic mass is 9.96. The molecule has 2 aromatic carbocycles. The maximum Gasteiger partial charge on any atom is 0.439 e. The van der Waals surface area contributed by atoms with Crippen molar-refractivity contribution in [1.82, 2.24) is 24.6 Å². The number of H-pyrrole nitrogens is 1. The highest BCUT2D eigenvalue weighted by Crippen LogP contribution is 2.40. The first-order chi connectivity index (χ1) is 21.3. The maximum absolute atomic E-state index is 14.3. The zero-order chi connectivity index (χ0) is 30.8. The molecule has 0 spiro atoms. The zero-order valence-electron chi connectivity index (χ0n) is 25.8. The van der Waals surface area contributed by atoms with Crippen LogP contribution in [-0.4, -0.2) is 42.6 Å². The molecule has 2 fully saturated rings. The monoisotopic (exact) mass is 595 g/mol. The Kier molecular flexibility index (Phi) is 8.64. The van der Waals surface area contributed by atoms with E-state index >= 15 is 0 Å². The van der Waals surface area contributed by atoms with Crippen LogP contribution in [0.4, 0.5) is 0 Å². The minimum absolute atomic E-state index is 0.0369. The summed E-state index contributed by atoms with van der Waals surface area (Å²) < 4.78 is 6.53. The van der Waals surface area contributed by atoms with Gasteiger partial charge in [0.2, 0.25) is 5.91 Å². The van der Waals surface area contributed by atoms with Crippen LogP contribution in [0.25, 0.3) is 22.5 Å². The topological polar surface area (TPSA) is 114 Å². The van der Waals surface area contributed by atoms with Gasteiger partial charge in [0.05, 0.1) is 18.7 Å². The van der Waals surface area contributed by atoms with Crippen LogP contribution in [0.5, 0.6) is 0 Å². The van der Waals surface area contributed by atoms with Crippen molar-refractivity contribution < 1.29 is 9.32 Å². The van der Waals surface area contributed by atoms with E-state index in [9.17, 15) is 14.4 Å². The number of aromatic nitrogens is 4. The molecule has 230 valence electrons. The minimum Gasteiger partial charge on any atom is -0.337 e. The molecule has 1 aliphatic heterocycles. The van der Waals surface area contributed by atoms with E-state index in [1.807, 2.05) is 53.4 Å². The van der Waals surface area contributed by atoms with Crippen molar-refractivity contribution in [1.29, 1.82) is 0 Å². The fourth-order valence-corrected chi connectivity index (χ4v) is 6.62. The third kappa shape index (κ3) is 6.18. The van der Waals surface area contributed by atoms with Gasteiger partial charge in [0.15, 0.2) is 5.82 Å². The predicted molar refractivity (Wildman–Crippen MR) is 170 cm³/mol. The molecular formula is C35H41N5O4. The molecular weight excluding hydrogens is 554 g/mol. The average Bonchev–Trinajstić information content (AvgIpc) is 3.78. The minimum atomic E-state index is -0.600. The van der Waals surface area contributed by atoms with Gasteiger partial charge in [-0.1, -0.05) is 67.0 Å². The average molecular weight is 596 g/mol. The van der Waals surface area contributed by atoms with Crippen molar-refractivity contribution in [2.24, 2.45) is 0 Å². The van der Waals surface area contributed by atoms with Crippen LogP contribution in [0, 0.1) is 0 Å². The quantitative estimate of drug-likeness (QED) is 0.246. The van der Waals surface area contributed by atoms with Crippen LogP contribution in [0.2, 0.25) is 0 Å². The van der Waals surface area contributed by atoms with Crippen LogP contribution in [-0.2, 0) is 24.2 Å². The van der Waals surface area contributed by atoms with Gasteiger partial charge in [-0.05, 0) is 69.1 Å². The number of nitrogens with one attached hydrogen (secondary N) is 1. The van der Waals surface area contributed by atoms with E-state index in [4.69, 9.17) is 9.51 Å². The Balaban J connectivity index is 1.33. The largest absolute Gasteiger partial charge is 0.439 e. The third-order valence-electron chi connectivity index (χ3n) is 9.13. The lowest BCUT2D eigenvalue weighted by Gasteiger charge is -2.39. The van der Waals surface area contributed by atoms with Crippen LogP contribution in [0.3, 0.4) is 0 Å². The number of aryl methyl sites for hydroxylation is 1. The second kappa shape index (κ2) is 12.8. The van der Waals surface area contributed by atoms with Crippen LogP contribution in [0.1, 0.15) is 94.3 Å². The molecule has 1 saturated carbocycles. The van der Waals surface area contributed by atoms with E-state index in [2.05, 4.69) is 30.9 Å². The van der Waals surface area contributed by atoms with E-state index in [0.717, 1.165) is 85.1 Å². The zero-order valence-corrected chi connectivity index (χ0v) is 25.8. The molecule has 0 bridgehead atoms. The molecule has 1 amide bonds. The fourth-order valence-electron chi connectivity index (χ4n) is 6.62. The Bertz CT molecular complexity index is 1740. The number of nitrogens with zero attached hydrogens (tertiary/aromatic N) is 4. The molecule has 0 unspecified atom stereocenters. The molecule has 3 heterocycles. The first-order valence-corrected chi connectivity index (χ1v) is 16.0. The molecule has 1 aliphatic carbocycles. The maximum atomic E-state index is 14.3. The number of likely N-dealkylation sites (tertiary alicyclic amines) is 1. The van der Waals surface area contributed by atoms with Gasteiger partial charge in [-0.3, -0.25) is 23.7 Å². The summed E-state index contributed by atoms with van der Waals surface area (Å²) in [5.74, 6) is 0.889. The molecule has 4 aromatic rings. The van der Waals surface area contributed by atoms with E-state index in [0.29, 0.717) is 17.9 Å². The Morgan fingerprint density at radius 1 is 0.977 bits per heavy atom. The normalized spacial score (nSPS) is 18.5. The highest BCUT2D eigenvalue weighted by atomic mass is 16.5. The molecule has 6 rings (SSSR count). The van der Waals surface area contributed by atoms with Crippen LogP contribution < -0.4 is 11.3 Å². The van der Waals surface area contributed by atoms with Crippen LogP contribution >= 0.6 is 0 Å². The number of unbranched alkanes of at least 4 members (excludes halogenated alkanes) is 1. The standard InChI is InChI=1S/C35H41N5O4/c1-4-5-13-30-36-32(26-18-19-26)29(20-31(41)40-22(2)9-8-10-23(40)3)34(42)39(30)21-24-14-16-25(17-15-24)27-11-6-7-12-28(27)33-37-35(43)44-38-33/h6-7,11-12,14-17,22-23,26H,4-5,8-10,13,18-21H2,1-3H3,(H,37,38,43)/t22-,23+. The molecule has 9 nitrogen and oxygen atoms in total. The van der Waals surface area contributed by atoms with Crippen molar-refractivity contribution >= 4 is 5.91 Å². The molecule has 2 aromatic heterocycles. The summed E-state index contributed by atoms with van der Waals surface area (Å²) in [5.41, 5.74) is 4.93. The molecule has 1 N–H and O–H groups in total. The summed E-state index contributed by atoms with van der Waals surface area (Å²) in [4.78, 5) is 49.3. The summed E-state index contributed by atoms with van der Waals surface area (Å²) in [6.07, 6.45) is 7.95. The van der Waals surface area contributed by atoms with Gasteiger partial charge in [-0.25, -0.2) is 9.78 Å². The lowest BCUT2D eigenvalue weighted by molar-refractivity contribution is -0.136. The molecule has 1 saturated heterocycles.